The highest BCUT2D eigenvalue weighted by atomic mass is 15.3. The molecule has 0 spiro atoms. The fourth-order valence-electron chi connectivity index (χ4n) is 1.70. The summed E-state index contributed by atoms with van der Waals surface area (Å²) in [6.07, 6.45) is 5.30. The first kappa shape index (κ1) is 10.0. The summed E-state index contributed by atoms with van der Waals surface area (Å²) in [6, 6.07) is 0. The molecule has 1 atom stereocenters. The molecule has 0 aliphatic rings. The SMILES string of the molecule is CC(C)C(CN)c1nnc2cnccn12. The van der Waals surface area contributed by atoms with Crippen LogP contribution in [-0.4, -0.2) is 26.1 Å². The van der Waals surface area contributed by atoms with E-state index in [4.69, 9.17) is 5.73 Å². The average Bonchev–Trinajstić information content (AvgIpc) is 2.63. The second-order valence-electron chi connectivity index (χ2n) is 3.95. The maximum absolute atomic E-state index is 5.76. The third-order valence-corrected chi connectivity index (χ3v) is 2.63. The third kappa shape index (κ3) is 1.70. The summed E-state index contributed by atoms with van der Waals surface area (Å²) in [7, 11) is 0. The van der Waals surface area contributed by atoms with Crippen molar-refractivity contribution in [3.63, 3.8) is 0 Å². The standard InChI is InChI=1S/C10H15N5/c1-7(2)8(5-11)10-14-13-9-6-12-3-4-15(9)10/h3-4,6-8H,5,11H2,1-2H3. The minimum Gasteiger partial charge on any atom is -0.330 e. The Balaban J connectivity index is 2.51. The summed E-state index contributed by atoms with van der Waals surface area (Å²) in [5.41, 5.74) is 6.53. The highest BCUT2D eigenvalue weighted by Gasteiger charge is 2.19. The van der Waals surface area contributed by atoms with Crippen LogP contribution in [0.2, 0.25) is 0 Å². The Morgan fingerprint density at radius 3 is 2.87 bits per heavy atom. The van der Waals surface area contributed by atoms with Crippen LogP contribution in [0.1, 0.15) is 25.6 Å². The lowest BCUT2D eigenvalue weighted by Gasteiger charge is -2.16. The van der Waals surface area contributed by atoms with Crippen molar-refractivity contribution in [3.05, 3.63) is 24.4 Å². The molecule has 0 aliphatic carbocycles. The van der Waals surface area contributed by atoms with Crippen LogP contribution in [-0.2, 0) is 0 Å². The normalized spacial score (nSPS) is 13.6. The summed E-state index contributed by atoms with van der Waals surface area (Å²) >= 11 is 0. The number of rotatable bonds is 3. The van der Waals surface area contributed by atoms with Gasteiger partial charge in [-0.2, -0.15) is 0 Å². The minimum atomic E-state index is 0.238. The molecule has 0 radical (unpaired) electrons. The molecule has 0 fully saturated rings. The lowest BCUT2D eigenvalue weighted by Crippen LogP contribution is -2.20. The topological polar surface area (TPSA) is 69.1 Å². The van der Waals surface area contributed by atoms with E-state index in [1.165, 1.54) is 0 Å². The van der Waals surface area contributed by atoms with Gasteiger partial charge in [0, 0.05) is 24.9 Å². The monoisotopic (exact) mass is 205 g/mol. The summed E-state index contributed by atoms with van der Waals surface area (Å²) in [5, 5.41) is 8.25. The molecule has 1 unspecified atom stereocenters. The maximum atomic E-state index is 5.76. The molecule has 2 N–H and O–H groups in total. The van der Waals surface area contributed by atoms with Gasteiger partial charge in [0.2, 0.25) is 0 Å². The molecule has 2 rings (SSSR count). The lowest BCUT2D eigenvalue weighted by molar-refractivity contribution is 0.480. The molecular weight excluding hydrogens is 190 g/mol. The van der Waals surface area contributed by atoms with Gasteiger partial charge in [0.05, 0.1) is 6.20 Å². The van der Waals surface area contributed by atoms with Crippen LogP contribution in [0.4, 0.5) is 0 Å². The van der Waals surface area contributed by atoms with E-state index in [0.717, 1.165) is 11.5 Å². The van der Waals surface area contributed by atoms with Crippen molar-refractivity contribution in [2.75, 3.05) is 6.54 Å². The zero-order chi connectivity index (χ0) is 10.8. The lowest BCUT2D eigenvalue weighted by atomic mass is 9.95. The fourth-order valence-corrected chi connectivity index (χ4v) is 1.70. The van der Waals surface area contributed by atoms with Crippen LogP contribution >= 0.6 is 0 Å². The van der Waals surface area contributed by atoms with Gasteiger partial charge in [-0.05, 0) is 5.92 Å². The van der Waals surface area contributed by atoms with E-state index in [1.54, 1.807) is 12.4 Å². The van der Waals surface area contributed by atoms with E-state index in [-0.39, 0.29) is 5.92 Å². The van der Waals surface area contributed by atoms with Crippen molar-refractivity contribution in [1.29, 1.82) is 0 Å². The highest BCUT2D eigenvalue weighted by molar-refractivity contribution is 5.34. The van der Waals surface area contributed by atoms with Crippen LogP contribution < -0.4 is 5.73 Å². The number of nitrogens with zero attached hydrogens (tertiary/aromatic N) is 4. The van der Waals surface area contributed by atoms with Gasteiger partial charge in [-0.1, -0.05) is 13.8 Å². The Morgan fingerprint density at radius 1 is 1.40 bits per heavy atom. The Kier molecular flexibility index (Phi) is 2.64. The molecule has 0 bridgehead atoms. The number of aromatic nitrogens is 4. The molecule has 5 heteroatoms. The van der Waals surface area contributed by atoms with Crippen molar-refractivity contribution < 1.29 is 0 Å². The first-order valence-corrected chi connectivity index (χ1v) is 5.08. The summed E-state index contributed by atoms with van der Waals surface area (Å²) < 4.78 is 1.95. The van der Waals surface area contributed by atoms with E-state index in [9.17, 15) is 0 Å². The van der Waals surface area contributed by atoms with Crippen LogP contribution in [0.5, 0.6) is 0 Å². The quantitative estimate of drug-likeness (QED) is 0.805. The first-order valence-electron chi connectivity index (χ1n) is 5.08. The first-order chi connectivity index (χ1) is 7.24. The second kappa shape index (κ2) is 3.94. The Morgan fingerprint density at radius 2 is 2.20 bits per heavy atom. The van der Waals surface area contributed by atoms with Crippen molar-refractivity contribution >= 4 is 5.65 Å². The molecule has 5 nitrogen and oxygen atoms in total. The molecule has 2 heterocycles. The van der Waals surface area contributed by atoms with Crippen LogP contribution in [0.25, 0.3) is 5.65 Å². The molecule has 2 aromatic heterocycles. The van der Waals surface area contributed by atoms with Gasteiger partial charge in [-0.25, -0.2) is 0 Å². The number of nitrogens with two attached hydrogens (primary N) is 1. The molecule has 0 saturated heterocycles. The Hall–Kier alpha value is -1.49. The molecule has 0 aromatic carbocycles. The van der Waals surface area contributed by atoms with Gasteiger partial charge in [-0.3, -0.25) is 9.38 Å². The van der Waals surface area contributed by atoms with Gasteiger partial charge < -0.3 is 5.73 Å². The minimum absolute atomic E-state index is 0.238. The van der Waals surface area contributed by atoms with Gasteiger partial charge >= 0.3 is 0 Å². The average molecular weight is 205 g/mol. The molecule has 0 aliphatic heterocycles. The van der Waals surface area contributed by atoms with Crippen molar-refractivity contribution in [2.24, 2.45) is 11.7 Å². The van der Waals surface area contributed by atoms with Crippen LogP contribution in [0.3, 0.4) is 0 Å². The summed E-state index contributed by atoms with van der Waals surface area (Å²) in [4.78, 5) is 4.00. The van der Waals surface area contributed by atoms with Gasteiger partial charge in [0.25, 0.3) is 0 Å². The predicted molar refractivity (Wildman–Crippen MR) is 57.4 cm³/mol. The Labute approximate surface area is 88.3 Å². The maximum Gasteiger partial charge on any atom is 0.179 e. The zero-order valence-electron chi connectivity index (χ0n) is 8.96. The second-order valence-corrected chi connectivity index (χ2v) is 3.95. The molecule has 80 valence electrons. The van der Waals surface area contributed by atoms with E-state index in [2.05, 4.69) is 29.0 Å². The van der Waals surface area contributed by atoms with E-state index in [1.807, 2.05) is 10.6 Å². The highest BCUT2D eigenvalue weighted by Crippen LogP contribution is 2.21. The van der Waals surface area contributed by atoms with Crippen molar-refractivity contribution in [3.8, 4) is 0 Å². The number of hydrogen-bond acceptors (Lipinski definition) is 4. The molecule has 2 aromatic rings. The molecular formula is C10H15N5. The number of hydrogen-bond donors (Lipinski definition) is 1. The summed E-state index contributed by atoms with van der Waals surface area (Å²) in [5.74, 6) is 1.61. The van der Waals surface area contributed by atoms with Crippen LogP contribution in [0.15, 0.2) is 18.6 Å². The van der Waals surface area contributed by atoms with Gasteiger partial charge in [-0.15, -0.1) is 10.2 Å². The van der Waals surface area contributed by atoms with Crippen LogP contribution in [0, 0.1) is 5.92 Å². The predicted octanol–water partition coefficient (Wildman–Crippen LogP) is 0.823. The van der Waals surface area contributed by atoms with Crippen molar-refractivity contribution in [2.45, 2.75) is 19.8 Å². The zero-order valence-corrected chi connectivity index (χ0v) is 8.96. The van der Waals surface area contributed by atoms with Gasteiger partial charge in [0.15, 0.2) is 5.65 Å². The third-order valence-electron chi connectivity index (χ3n) is 2.63. The van der Waals surface area contributed by atoms with E-state index < -0.39 is 0 Å². The number of fused-ring (bicyclic) bond motifs is 1. The largest absolute Gasteiger partial charge is 0.330 e. The molecule has 0 amide bonds. The smallest absolute Gasteiger partial charge is 0.179 e. The fraction of sp³-hybridized carbons (Fsp3) is 0.500. The molecule has 15 heavy (non-hydrogen) atoms. The van der Waals surface area contributed by atoms with E-state index >= 15 is 0 Å². The molecule has 0 saturated carbocycles. The van der Waals surface area contributed by atoms with Crippen molar-refractivity contribution in [1.82, 2.24) is 19.6 Å². The van der Waals surface area contributed by atoms with Gasteiger partial charge in [0.1, 0.15) is 5.82 Å². The van der Waals surface area contributed by atoms with E-state index in [0.29, 0.717) is 12.5 Å². The summed E-state index contributed by atoms with van der Waals surface area (Å²) in [6.45, 7) is 4.86. The Bertz CT molecular complexity index is 448.